The summed E-state index contributed by atoms with van der Waals surface area (Å²) in [5.41, 5.74) is 2.32. The molecule has 1 saturated heterocycles. The Bertz CT molecular complexity index is 906. The molecule has 0 radical (unpaired) electrons. The van der Waals surface area contributed by atoms with Crippen molar-refractivity contribution in [2.45, 2.75) is 25.0 Å². The van der Waals surface area contributed by atoms with Crippen molar-refractivity contribution in [2.24, 2.45) is 5.92 Å². The Morgan fingerprint density at radius 2 is 1.72 bits per heavy atom. The molecule has 1 fully saturated rings. The van der Waals surface area contributed by atoms with Crippen LogP contribution in [0.4, 0.5) is 0 Å². The highest BCUT2D eigenvalue weighted by atomic mass is 32.2. The summed E-state index contributed by atoms with van der Waals surface area (Å²) in [5.74, 6) is 3.03. The molecule has 6 heteroatoms. The number of aromatic nitrogens is 2. The molecular weight excluding hydrogens is 382 g/mol. The zero-order valence-corrected chi connectivity index (χ0v) is 17.2. The number of thioether (sulfide) groups is 1. The number of piperidine rings is 1. The lowest BCUT2D eigenvalue weighted by molar-refractivity contribution is -0.129. The first-order valence-electron chi connectivity index (χ1n) is 10.1. The quantitative estimate of drug-likeness (QED) is 0.579. The third-order valence-electron chi connectivity index (χ3n) is 5.29. The highest BCUT2D eigenvalue weighted by Gasteiger charge is 2.23. The van der Waals surface area contributed by atoms with E-state index in [1.54, 1.807) is 0 Å². The van der Waals surface area contributed by atoms with E-state index in [2.05, 4.69) is 40.5 Å². The SMILES string of the molecule is O=C(CSCc1nc(-c2ccccc2)no1)N1CCC(Cc2ccccc2)CC1. The van der Waals surface area contributed by atoms with Crippen molar-refractivity contribution in [1.29, 1.82) is 0 Å². The smallest absolute Gasteiger partial charge is 0.236 e. The molecule has 0 unspecified atom stereocenters. The minimum atomic E-state index is 0.205. The van der Waals surface area contributed by atoms with Crippen molar-refractivity contribution in [1.82, 2.24) is 15.0 Å². The van der Waals surface area contributed by atoms with Crippen molar-refractivity contribution in [3.63, 3.8) is 0 Å². The second kappa shape index (κ2) is 9.74. The van der Waals surface area contributed by atoms with Crippen LogP contribution in [0.15, 0.2) is 65.2 Å². The van der Waals surface area contributed by atoms with Gasteiger partial charge in [0.15, 0.2) is 0 Å². The van der Waals surface area contributed by atoms with Gasteiger partial charge in [0.2, 0.25) is 17.6 Å². The lowest BCUT2D eigenvalue weighted by Gasteiger charge is -2.32. The van der Waals surface area contributed by atoms with Gasteiger partial charge < -0.3 is 9.42 Å². The van der Waals surface area contributed by atoms with Gasteiger partial charge in [-0.2, -0.15) is 4.98 Å². The van der Waals surface area contributed by atoms with Gasteiger partial charge in [-0.1, -0.05) is 65.8 Å². The molecule has 0 aliphatic carbocycles. The molecular formula is C23H25N3O2S. The van der Waals surface area contributed by atoms with Crippen LogP contribution in [0.5, 0.6) is 0 Å². The third kappa shape index (κ3) is 5.48. The first-order valence-corrected chi connectivity index (χ1v) is 11.2. The van der Waals surface area contributed by atoms with Crippen LogP contribution in [0, 0.1) is 5.92 Å². The van der Waals surface area contributed by atoms with E-state index in [9.17, 15) is 4.79 Å². The maximum Gasteiger partial charge on any atom is 0.236 e. The lowest BCUT2D eigenvalue weighted by Crippen LogP contribution is -2.39. The molecule has 150 valence electrons. The van der Waals surface area contributed by atoms with Crippen LogP contribution in [0.3, 0.4) is 0 Å². The molecule has 5 nitrogen and oxygen atoms in total. The van der Waals surface area contributed by atoms with E-state index in [0.29, 0.717) is 29.1 Å². The van der Waals surface area contributed by atoms with E-state index in [-0.39, 0.29) is 5.91 Å². The molecule has 0 spiro atoms. The van der Waals surface area contributed by atoms with Gasteiger partial charge in [-0.15, -0.1) is 11.8 Å². The summed E-state index contributed by atoms with van der Waals surface area (Å²) in [4.78, 5) is 18.9. The maximum atomic E-state index is 12.5. The summed E-state index contributed by atoms with van der Waals surface area (Å²) >= 11 is 1.53. The van der Waals surface area contributed by atoms with Crippen LogP contribution in [-0.4, -0.2) is 39.8 Å². The predicted molar refractivity (Wildman–Crippen MR) is 115 cm³/mol. The number of amides is 1. The fraction of sp³-hybridized carbons (Fsp3) is 0.348. The number of hydrogen-bond acceptors (Lipinski definition) is 5. The fourth-order valence-electron chi connectivity index (χ4n) is 3.67. The molecule has 0 bridgehead atoms. The lowest BCUT2D eigenvalue weighted by atomic mass is 9.90. The number of carbonyl (C=O) groups excluding carboxylic acids is 1. The topological polar surface area (TPSA) is 59.2 Å². The molecule has 29 heavy (non-hydrogen) atoms. The van der Waals surface area contributed by atoms with Crippen molar-refractivity contribution in [3.05, 3.63) is 72.1 Å². The summed E-state index contributed by atoms with van der Waals surface area (Å²) in [6.45, 7) is 1.71. The Hall–Kier alpha value is -2.60. The van der Waals surface area contributed by atoms with Crippen LogP contribution in [0.2, 0.25) is 0 Å². The normalized spacial score (nSPS) is 14.8. The molecule has 0 atom stereocenters. The predicted octanol–water partition coefficient (Wildman–Crippen LogP) is 4.45. The van der Waals surface area contributed by atoms with Gasteiger partial charge in [-0.05, 0) is 30.7 Å². The minimum Gasteiger partial charge on any atom is -0.342 e. The first kappa shape index (κ1) is 19.7. The van der Waals surface area contributed by atoms with Crippen molar-refractivity contribution in [3.8, 4) is 11.4 Å². The van der Waals surface area contributed by atoms with Gasteiger partial charge in [0, 0.05) is 18.7 Å². The highest BCUT2D eigenvalue weighted by molar-refractivity contribution is 7.99. The average molecular weight is 408 g/mol. The summed E-state index contributed by atoms with van der Waals surface area (Å²) in [6.07, 6.45) is 3.27. The van der Waals surface area contributed by atoms with Gasteiger partial charge in [-0.25, -0.2) is 0 Å². The zero-order valence-electron chi connectivity index (χ0n) is 16.4. The summed E-state index contributed by atoms with van der Waals surface area (Å²) in [7, 11) is 0. The number of rotatable bonds is 7. The average Bonchev–Trinajstić information content (AvgIpc) is 3.24. The van der Waals surface area contributed by atoms with Crippen molar-refractivity contribution in [2.75, 3.05) is 18.8 Å². The Labute approximate surface area is 175 Å². The van der Waals surface area contributed by atoms with Crippen molar-refractivity contribution < 1.29 is 9.32 Å². The Morgan fingerprint density at radius 3 is 2.45 bits per heavy atom. The Morgan fingerprint density at radius 1 is 1.03 bits per heavy atom. The second-order valence-electron chi connectivity index (χ2n) is 7.38. The van der Waals surface area contributed by atoms with Crippen LogP contribution < -0.4 is 0 Å². The molecule has 2 aromatic carbocycles. The van der Waals surface area contributed by atoms with Gasteiger partial charge in [0.05, 0.1) is 11.5 Å². The molecule has 1 aromatic heterocycles. The largest absolute Gasteiger partial charge is 0.342 e. The van der Waals surface area contributed by atoms with Crippen LogP contribution in [-0.2, 0) is 17.0 Å². The van der Waals surface area contributed by atoms with Crippen LogP contribution in [0.1, 0.15) is 24.3 Å². The summed E-state index contributed by atoms with van der Waals surface area (Å²) < 4.78 is 5.31. The fourth-order valence-corrected chi connectivity index (χ4v) is 4.42. The van der Waals surface area contributed by atoms with Gasteiger partial charge in [-0.3, -0.25) is 4.79 Å². The van der Waals surface area contributed by atoms with Gasteiger partial charge in [0.25, 0.3) is 0 Å². The molecule has 0 saturated carbocycles. The number of carbonyl (C=O) groups is 1. The highest BCUT2D eigenvalue weighted by Crippen LogP contribution is 2.23. The molecule has 1 amide bonds. The third-order valence-corrected chi connectivity index (χ3v) is 6.19. The minimum absolute atomic E-state index is 0.205. The van der Waals surface area contributed by atoms with Crippen LogP contribution in [0.25, 0.3) is 11.4 Å². The summed E-state index contributed by atoms with van der Waals surface area (Å²) in [5, 5.41) is 4.02. The molecule has 2 heterocycles. The van der Waals surface area contributed by atoms with E-state index >= 15 is 0 Å². The first-order chi connectivity index (χ1) is 14.3. The number of nitrogens with zero attached hydrogens (tertiary/aromatic N) is 3. The van der Waals surface area contributed by atoms with E-state index in [0.717, 1.165) is 37.9 Å². The van der Waals surface area contributed by atoms with E-state index in [1.165, 1.54) is 17.3 Å². The Kier molecular flexibility index (Phi) is 6.62. The Balaban J connectivity index is 1.18. The maximum absolute atomic E-state index is 12.5. The number of likely N-dealkylation sites (tertiary alicyclic amines) is 1. The number of benzene rings is 2. The zero-order chi connectivity index (χ0) is 19.9. The van der Waals surface area contributed by atoms with Gasteiger partial charge >= 0.3 is 0 Å². The monoisotopic (exact) mass is 407 g/mol. The van der Waals surface area contributed by atoms with Crippen LogP contribution >= 0.6 is 11.8 Å². The molecule has 4 rings (SSSR count). The second-order valence-corrected chi connectivity index (χ2v) is 8.37. The summed E-state index contributed by atoms with van der Waals surface area (Å²) in [6, 6.07) is 20.4. The van der Waals surface area contributed by atoms with E-state index in [4.69, 9.17) is 4.52 Å². The van der Waals surface area contributed by atoms with E-state index < -0.39 is 0 Å². The van der Waals surface area contributed by atoms with E-state index in [1.807, 2.05) is 35.2 Å². The molecule has 1 aliphatic heterocycles. The molecule has 0 N–H and O–H groups in total. The molecule has 1 aliphatic rings. The van der Waals surface area contributed by atoms with Crippen molar-refractivity contribution >= 4 is 17.7 Å². The molecule has 3 aromatic rings. The standard InChI is InChI=1S/C23H25N3O2S/c27-22(26-13-11-19(12-14-26)15-18-7-3-1-4-8-18)17-29-16-21-24-23(25-28-21)20-9-5-2-6-10-20/h1-10,19H,11-17H2. The van der Waals surface area contributed by atoms with Gasteiger partial charge in [0.1, 0.15) is 0 Å². The number of hydrogen-bond donors (Lipinski definition) is 0.